The van der Waals surface area contributed by atoms with E-state index in [0.717, 1.165) is 37.2 Å². The van der Waals surface area contributed by atoms with Crippen molar-refractivity contribution in [1.29, 1.82) is 0 Å². The number of nitrogens with one attached hydrogen (secondary N) is 1. The van der Waals surface area contributed by atoms with Gasteiger partial charge in [-0.2, -0.15) is 4.80 Å². The van der Waals surface area contributed by atoms with Crippen molar-refractivity contribution in [3.63, 3.8) is 0 Å². The van der Waals surface area contributed by atoms with Gasteiger partial charge in [0.2, 0.25) is 0 Å². The lowest BCUT2D eigenvalue weighted by atomic mass is 9.73. The van der Waals surface area contributed by atoms with Crippen molar-refractivity contribution in [2.75, 3.05) is 13.1 Å². The molecule has 5 heteroatoms. The van der Waals surface area contributed by atoms with E-state index in [1.807, 2.05) is 7.05 Å². The van der Waals surface area contributed by atoms with Gasteiger partial charge < -0.3 is 5.32 Å². The average Bonchev–Trinajstić information content (AvgIpc) is 2.74. The molecule has 0 radical (unpaired) electrons. The highest BCUT2D eigenvalue weighted by atomic mass is 15.6. The molecule has 0 spiro atoms. The van der Waals surface area contributed by atoms with Gasteiger partial charge in [-0.1, -0.05) is 20.3 Å². The molecular weight excluding hydrogens is 226 g/mol. The molecule has 1 heterocycles. The van der Waals surface area contributed by atoms with E-state index in [4.69, 9.17) is 0 Å². The van der Waals surface area contributed by atoms with Gasteiger partial charge in [-0.05, 0) is 48.9 Å². The number of aromatic nitrogens is 4. The molecule has 1 aliphatic rings. The zero-order valence-electron chi connectivity index (χ0n) is 11.8. The van der Waals surface area contributed by atoms with Gasteiger partial charge in [0.25, 0.3) is 0 Å². The van der Waals surface area contributed by atoms with Crippen LogP contribution in [0.1, 0.15) is 38.9 Å². The van der Waals surface area contributed by atoms with Crippen LogP contribution in [0.3, 0.4) is 0 Å². The highest BCUT2D eigenvalue weighted by molar-refractivity contribution is 4.88. The van der Waals surface area contributed by atoms with Crippen LogP contribution in [0.5, 0.6) is 0 Å². The fourth-order valence-electron chi connectivity index (χ4n) is 3.05. The van der Waals surface area contributed by atoms with E-state index in [1.54, 1.807) is 4.80 Å². The zero-order chi connectivity index (χ0) is 13.0. The molecule has 1 aromatic rings. The van der Waals surface area contributed by atoms with Gasteiger partial charge in [0.05, 0.1) is 7.05 Å². The third-order valence-corrected chi connectivity index (χ3v) is 4.05. The summed E-state index contributed by atoms with van der Waals surface area (Å²) >= 11 is 0. The molecule has 0 bridgehead atoms. The molecule has 1 fully saturated rings. The van der Waals surface area contributed by atoms with Crippen LogP contribution in [-0.4, -0.2) is 33.3 Å². The number of nitrogens with zero attached hydrogens (tertiary/aromatic N) is 4. The van der Waals surface area contributed by atoms with Crippen LogP contribution < -0.4 is 5.32 Å². The summed E-state index contributed by atoms with van der Waals surface area (Å²) in [6, 6.07) is 0. The van der Waals surface area contributed by atoms with Crippen molar-refractivity contribution in [3.8, 4) is 0 Å². The first kappa shape index (κ1) is 13.5. The second kappa shape index (κ2) is 6.27. The SMILES string of the molecule is CCNCC1CCC(C)CC1Cc1nnn(C)n1. The Morgan fingerprint density at radius 3 is 2.83 bits per heavy atom. The molecule has 1 saturated carbocycles. The number of aryl methyl sites for hydroxylation is 1. The van der Waals surface area contributed by atoms with Gasteiger partial charge in [-0.3, -0.25) is 0 Å². The highest BCUT2D eigenvalue weighted by Gasteiger charge is 2.29. The predicted octanol–water partition coefficient (Wildman–Crippen LogP) is 1.41. The summed E-state index contributed by atoms with van der Waals surface area (Å²) in [6.07, 6.45) is 4.97. The Morgan fingerprint density at radius 2 is 2.17 bits per heavy atom. The molecule has 5 nitrogen and oxygen atoms in total. The van der Waals surface area contributed by atoms with Gasteiger partial charge in [-0.25, -0.2) is 0 Å². The third kappa shape index (κ3) is 3.51. The molecule has 0 saturated heterocycles. The van der Waals surface area contributed by atoms with Crippen LogP contribution in [0.2, 0.25) is 0 Å². The average molecular weight is 251 g/mol. The second-order valence-electron chi connectivity index (χ2n) is 5.65. The lowest BCUT2D eigenvalue weighted by molar-refractivity contribution is 0.182. The molecule has 0 amide bonds. The van der Waals surface area contributed by atoms with E-state index >= 15 is 0 Å². The fraction of sp³-hybridized carbons (Fsp3) is 0.923. The van der Waals surface area contributed by atoms with Gasteiger partial charge >= 0.3 is 0 Å². The van der Waals surface area contributed by atoms with E-state index in [2.05, 4.69) is 34.6 Å². The predicted molar refractivity (Wildman–Crippen MR) is 71.0 cm³/mol. The maximum absolute atomic E-state index is 4.32. The summed E-state index contributed by atoms with van der Waals surface area (Å²) in [6.45, 7) is 6.72. The van der Waals surface area contributed by atoms with Crippen molar-refractivity contribution in [3.05, 3.63) is 5.82 Å². The van der Waals surface area contributed by atoms with E-state index in [0.29, 0.717) is 5.92 Å². The van der Waals surface area contributed by atoms with E-state index in [9.17, 15) is 0 Å². The summed E-state index contributed by atoms with van der Waals surface area (Å²) in [4.78, 5) is 1.56. The Hall–Kier alpha value is -0.970. The van der Waals surface area contributed by atoms with Crippen LogP contribution in [0, 0.1) is 17.8 Å². The number of hydrogen-bond acceptors (Lipinski definition) is 4. The minimum Gasteiger partial charge on any atom is -0.317 e. The molecule has 3 atom stereocenters. The van der Waals surface area contributed by atoms with Crippen molar-refractivity contribution in [2.45, 2.75) is 39.5 Å². The van der Waals surface area contributed by atoms with Crippen molar-refractivity contribution in [2.24, 2.45) is 24.8 Å². The lowest BCUT2D eigenvalue weighted by Crippen LogP contribution is -2.33. The summed E-state index contributed by atoms with van der Waals surface area (Å²) in [5.41, 5.74) is 0. The van der Waals surface area contributed by atoms with Crippen molar-refractivity contribution in [1.82, 2.24) is 25.5 Å². The molecular formula is C13H25N5. The number of tetrazole rings is 1. The highest BCUT2D eigenvalue weighted by Crippen LogP contribution is 2.34. The summed E-state index contributed by atoms with van der Waals surface area (Å²) in [7, 11) is 1.83. The van der Waals surface area contributed by atoms with Gasteiger partial charge in [0, 0.05) is 6.42 Å². The maximum Gasteiger partial charge on any atom is 0.175 e. The summed E-state index contributed by atoms with van der Waals surface area (Å²) in [5.74, 6) is 3.21. The van der Waals surface area contributed by atoms with Crippen molar-refractivity contribution < 1.29 is 0 Å². The van der Waals surface area contributed by atoms with Crippen LogP contribution >= 0.6 is 0 Å². The molecule has 1 aliphatic carbocycles. The third-order valence-electron chi connectivity index (χ3n) is 4.05. The molecule has 3 unspecified atom stereocenters. The van der Waals surface area contributed by atoms with E-state index in [1.165, 1.54) is 19.3 Å². The normalized spacial score (nSPS) is 28.5. The van der Waals surface area contributed by atoms with Crippen molar-refractivity contribution >= 4 is 0 Å². The molecule has 1 aromatic heterocycles. The molecule has 0 aliphatic heterocycles. The Bertz CT molecular complexity index is 360. The Labute approximate surface area is 109 Å². The first-order chi connectivity index (χ1) is 8.69. The van der Waals surface area contributed by atoms with Crippen LogP contribution in [0.25, 0.3) is 0 Å². The first-order valence-corrected chi connectivity index (χ1v) is 7.12. The summed E-state index contributed by atoms with van der Waals surface area (Å²) in [5, 5.41) is 15.9. The molecule has 2 rings (SSSR count). The molecule has 102 valence electrons. The topological polar surface area (TPSA) is 55.6 Å². The first-order valence-electron chi connectivity index (χ1n) is 7.12. The van der Waals surface area contributed by atoms with Crippen LogP contribution in [0.4, 0.5) is 0 Å². The standard InChI is InChI=1S/C13H25N5/c1-4-14-9-11-6-5-10(2)7-12(11)8-13-15-17-18(3)16-13/h10-12,14H,4-9H2,1-3H3. The van der Waals surface area contributed by atoms with Crippen LogP contribution in [-0.2, 0) is 13.5 Å². The number of hydrogen-bond donors (Lipinski definition) is 1. The van der Waals surface area contributed by atoms with Gasteiger partial charge in [0.1, 0.15) is 0 Å². The maximum atomic E-state index is 4.32. The molecule has 1 N–H and O–H groups in total. The Morgan fingerprint density at radius 1 is 1.33 bits per heavy atom. The number of rotatable bonds is 5. The molecule has 18 heavy (non-hydrogen) atoms. The van der Waals surface area contributed by atoms with E-state index in [-0.39, 0.29) is 0 Å². The smallest absolute Gasteiger partial charge is 0.175 e. The van der Waals surface area contributed by atoms with Gasteiger partial charge in [0.15, 0.2) is 5.82 Å². The van der Waals surface area contributed by atoms with Gasteiger partial charge in [-0.15, -0.1) is 10.2 Å². The Kier molecular flexibility index (Phi) is 4.69. The molecule has 0 aromatic carbocycles. The quantitative estimate of drug-likeness (QED) is 0.860. The zero-order valence-corrected chi connectivity index (χ0v) is 11.8. The van der Waals surface area contributed by atoms with Crippen LogP contribution in [0.15, 0.2) is 0 Å². The largest absolute Gasteiger partial charge is 0.317 e. The second-order valence-corrected chi connectivity index (χ2v) is 5.65. The van der Waals surface area contributed by atoms with E-state index < -0.39 is 0 Å². The minimum atomic E-state index is 0.706. The fourth-order valence-corrected chi connectivity index (χ4v) is 3.05. The minimum absolute atomic E-state index is 0.706. The monoisotopic (exact) mass is 251 g/mol. The Balaban J connectivity index is 1.96. The summed E-state index contributed by atoms with van der Waals surface area (Å²) < 4.78 is 0. The lowest BCUT2D eigenvalue weighted by Gasteiger charge is -2.34.